The average Bonchev–Trinajstić information content (AvgIpc) is 3.17. The summed E-state index contributed by atoms with van der Waals surface area (Å²) in [4.78, 5) is 28.4. The molecule has 0 radical (unpaired) electrons. The van der Waals surface area contributed by atoms with E-state index in [1.165, 1.54) is 12.3 Å². The zero-order valence-electron chi connectivity index (χ0n) is 14.9. The van der Waals surface area contributed by atoms with Crippen LogP contribution in [0, 0.1) is 12.7 Å². The zero-order valence-corrected chi connectivity index (χ0v) is 14.9. The summed E-state index contributed by atoms with van der Waals surface area (Å²) in [5.41, 5.74) is 0.977. The second kappa shape index (κ2) is 7.70. The number of aryl methyl sites for hydroxylation is 1. The number of furan rings is 1. The number of hydrogen-bond donors (Lipinski definition) is 1. The van der Waals surface area contributed by atoms with Crippen LogP contribution >= 0.6 is 0 Å². The van der Waals surface area contributed by atoms with Gasteiger partial charge in [0.05, 0.1) is 18.0 Å². The first-order valence-electron chi connectivity index (χ1n) is 8.59. The highest BCUT2D eigenvalue weighted by atomic mass is 19.1. The van der Waals surface area contributed by atoms with Crippen molar-refractivity contribution in [2.75, 3.05) is 31.5 Å². The van der Waals surface area contributed by atoms with Crippen molar-refractivity contribution in [3.05, 3.63) is 53.7 Å². The van der Waals surface area contributed by atoms with Gasteiger partial charge in [-0.3, -0.25) is 14.5 Å². The fourth-order valence-corrected chi connectivity index (χ4v) is 2.99. The van der Waals surface area contributed by atoms with Crippen molar-refractivity contribution >= 4 is 17.5 Å². The number of anilines is 1. The number of amides is 2. The minimum atomic E-state index is -0.445. The molecule has 1 aromatic carbocycles. The third kappa shape index (κ3) is 3.94. The molecule has 1 fully saturated rings. The lowest BCUT2D eigenvalue weighted by atomic mass is 10.2. The Bertz CT molecular complexity index is 783. The highest BCUT2D eigenvalue weighted by Crippen LogP contribution is 2.17. The van der Waals surface area contributed by atoms with Crippen molar-refractivity contribution in [1.82, 2.24) is 9.80 Å². The molecule has 0 saturated carbocycles. The highest BCUT2D eigenvalue weighted by molar-refractivity contribution is 5.95. The summed E-state index contributed by atoms with van der Waals surface area (Å²) in [7, 11) is 0. The van der Waals surface area contributed by atoms with E-state index in [4.69, 9.17) is 4.42 Å². The Labute approximate surface area is 151 Å². The Kier molecular flexibility index (Phi) is 5.37. The van der Waals surface area contributed by atoms with E-state index in [-0.39, 0.29) is 17.5 Å². The van der Waals surface area contributed by atoms with Gasteiger partial charge in [0.15, 0.2) is 5.76 Å². The molecule has 2 heterocycles. The summed E-state index contributed by atoms with van der Waals surface area (Å²) in [6.07, 6.45) is 1.47. The van der Waals surface area contributed by atoms with Crippen molar-refractivity contribution in [2.45, 2.75) is 19.9 Å². The normalized spacial score (nSPS) is 16.3. The molecular formula is C19H22FN3O3. The topological polar surface area (TPSA) is 65.8 Å². The van der Waals surface area contributed by atoms with Crippen LogP contribution in [0.25, 0.3) is 0 Å². The van der Waals surface area contributed by atoms with Crippen LogP contribution in [-0.4, -0.2) is 53.8 Å². The van der Waals surface area contributed by atoms with Crippen molar-refractivity contribution in [2.24, 2.45) is 0 Å². The van der Waals surface area contributed by atoms with E-state index in [0.717, 1.165) is 5.56 Å². The molecule has 2 amide bonds. The monoisotopic (exact) mass is 359 g/mol. The molecule has 3 rings (SSSR count). The van der Waals surface area contributed by atoms with Crippen molar-refractivity contribution < 1.29 is 18.4 Å². The Hall–Kier alpha value is -2.67. The van der Waals surface area contributed by atoms with E-state index in [1.807, 2.05) is 4.90 Å². The number of benzene rings is 1. The van der Waals surface area contributed by atoms with Gasteiger partial charge in [0, 0.05) is 26.2 Å². The van der Waals surface area contributed by atoms with Crippen molar-refractivity contribution in [1.29, 1.82) is 0 Å². The van der Waals surface area contributed by atoms with E-state index < -0.39 is 11.9 Å². The number of rotatable bonds is 4. The fraction of sp³-hybridized carbons (Fsp3) is 0.368. The predicted molar refractivity (Wildman–Crippen MR) is 95.4 cm³/mol. The molecule has 1 aliphatic rings. The van der Waals surface area contributed by atoms with E-state index in [1.54, 1.807) is 43.0 Å². The molecule has 1 N–H and O–H groups in total. The van der Waals surface area contributed by atoms with Gasteiger partial charge in [-0.1, -0.05) is 6.07 Å². The molecule has 2 aromatic rings. The van der Waals surface area contributed by atoms with Crippen LogP contribution in [0.3, 0.4) is 0 Å². The van der Waals surface area contributed by atoms with Gasteiger partial charge in [-0.2, -0.15) is 0 Å². The molecule has 1 aliphatic heterocycles. The van der Waals surface area contributed by atoms with Crippen LogP contribution in [0.2, 0.25) is 0 Å². The molecule has 138 valence electrons. The molecule has 0 spiro atoms. The quantitative estimate of drug-likeness (QED) is 0.911. The number of halogens is 1. The molecule has 0 bridgehead atoms. The molecule has 7 heteroatoms. The van der Waals surface area contributed by atoms with Gasteiger partial charge in [0.25, 0.3) is 5.91 Å². The third-order valence-corrected chi connectivity index (χ3v) is 4.64. The first kappa shape index (κ1) is 18.1. The average molecular weight is 359 g/mol. The van der Waals surface area contributed by atoms with Gasteiger partial charge in [-0.25, -0.2) is 4.39 Å². The lowest BCUT2D eigenvalue weighted by Crippen LogP contribution is -2.54. The summed E-state index contributed by atoms with van der Waals surface area (Å²) in [5, 5.41) is 2.64. The fourth-order valence-electron chi connectivity index (χ4n) is 2.99. The SMILES string of the molecule is Cc1ccc(NC(=O)C(C)N2CCN(C(=O)c3ccco3)CC2)c(F)c1. The van der Waals surface area contributed by atoms with Gasteiger partial charge in [-0.05, 0) is 43.7 Å². The first-order valence-corrected chi connectivity index (χ1v) is 8.59. The van der Waals surface area contributed by atoms with Crippen molar-refractivity contribution in [3.8, 4) is 0 Å². The number of carbonyl (C=O) groups is 2. The van der Waals surface area contributed by atoms with E-state index in [2.05, 4.69) is 5.32 Å². The summed E-state index contributed by atoms with van der Waals surface area (Å²) in [5.74, 6) is -0.537. The van der Waals surface area contributed by atoms with E-state index >= 15 is 0 Å². The first-order chi connectivity index (χ1) is 12.5. The van der Waals surface area contributed by atoms with Crippen LogP contribution in [0.15, 0.2) is 41.0 Å². The van der Waals surface area contributed by atoms with Crippen LogP contribution in [-0.2, 0) is 4.79 Å². The van der Waals surface area contributed by atoms with Crippen molar-refractivity contribution in [3.63, 3.8) is 0 Å². The van der Waals surface area contributed by atoms with Gasteiger partial charge < -0.3 is 14.6 Å². The molecule has 6 nitrogen and oxygen atoms in total. The lowest BCUT2D eigenvalue weighted by Gasteiger charge is -2.37. The maximum atomic E-state index is 13.9. The number of hydrogen-bond acceptors (Lipinski definition) is 4. The predicted octanol–water partition coefficient (Wildman–Crippen LogP) is 2.51. The molecule has 0 aliphatic carbocycles. The summed E-state index contributed by atoms with van der Waals surface area (Å²) >= 11 is 0. The van der Waals surface area contributed by atoms with Crippen LogP contribution < -0.4 is 5.32 Å². The number of nitrogens with one attached hydrogen (secondary N) is 1. The molecule has 1 aromatic heterocycles. The number of nitrogens with zero attached hydrogens (tertiary/aromatic N) is 2. The molecule has 1 atom stereocenters. The Morgan fingerprint density at radius 3 is 2.54 bits per heavy atom. The lowest BCUT2D eigenvalue weighted by molar-refractivity contribution is -0.121. The zero-order chi connectivity index (χ0) is 18.7. The number of carbonyl (C=O) groups excluding carboxylic acids is 2. The minimum absolute atomic E-state index is 0.145. The van der Waals surface area contributed by atoms with E-state index in [0.29, 0.717) is 31.9 Å². The van der Waals surface area contributed by atoms with Crippen LogP contribution in [0.4, 0.5) is 10.1 Å². The van der Waals surface area contributed by atoms with E-state index in [9.17, 15) is 14.0 Å². The Morgan fingerprint density at radius 2 is 1.92 bits per heavy atom. The van der Waals surface area contributed by atoms with Gasteiger partial charge in [-0.15, -0.1) is 0 Å². The molecule has 26 heavy (non-hydrogen) atoms. The molecular weight excluding hydrogens is 337 g/mol. The van der Waals surface area contributed by atoms with Crippen LogP contribution in [0.1, 0.15) is 23.0 Å². The maximum absolute atomic E-state index is 13.9. The smallest absolute Gasteiger partial charge is 0.289 e. The second-order valence-electron chi connectivity index (χ2n) is 6.45. The molecule has 1 saturated heterocycles. The highest BCUT2D eigenvalue weighted by Gasteiger charge is 2.29. The van der Waals surface area contributed by atoms with Gasteiger partial charge in [0.1, 0.15) is 5.82 Å². The Morgan fingerprint density at radius 1 is 1.19 bits per heavy atom. The second-order valence-corrected chi connectivity index (χ2v) is 6.45. The largest absolute Gasteiger partial charge is 0.459 e. The summed E-state index contributed by atoms with van der Waals surface area (Å²) in [6.45, 7) is 5.73. The minimum Gasteiger partial charge on any atom is -0.459 e. The summed E-state index contributed by atoms with van der Waals surface area (Å²) in [6, 6.07) is 7.61. The standard InChI is InChI=1S/C19H22FN3O3/c1-13-5-6-16(15(20)12-13)21-18(24)14(2)22-7-9-23(10-8-22)19(25)17-4-3-11-26-17/h3-6,11-12,14H,7-10H2,1-2H3,(H,21,24). The van der Waals surface area contributed by atoms with Crippen LogP contribution in [0.5, 0.6) is 0 Å². The third-order valence-electron chi connectivity index (χ3n) is 4.64. The number of piperazine rings is 1. The molecule has 1 unspecified atom stereocenters. The Balaban J connectivity index is 1.55. The van der Waals surface area contributed by atoms with Gasteiger partial charge >= 0.3 is 0 Å². The van der Waals surface area contributed by atoms with Gasteiger partial charge in [0.2, 0.25) is 5.91 Å². The maximum Gasteiger partial charge on any atom is 0.289 e. The summed E-state index contributed by atoms with van der Waals surface area (Å²) < 4.78 is 19.1.